The van der Waals surface area contributed by atoms with E-state index in [2.05, 4.69) is 4.98 Å². The van der Waals surface area contributed by atoms with Crippen molar-refractivity contribution in [3.05, 3.63) is 23.6 Å². The van der Waals surface area contributed by atoms with Crippen LogP contribution < -0.4 is 4.90 Å². The highest BCUT2D eigenvalue weighted by molar-refractivity contribution is 5.43. The van der Waals surface area contributed by atoms with E-state index in [0.717, 1.165) is 12.8 Å². The molecule has 1 aromatic heterocycles. The lowest BCUT2D eigenvalue weighted by Gasteiger charge is -2.32. The molecule has 0 saturated carbocycles. The van der Waals surface area contributed by atoms with E-state index in [1.807, 2.05) is 4.90 Å². The number of aliphatic hydroxyl groups excluding tert-OH is 2. The van der Waals surface area contributed by atoms with Crippen LogP contribution in [0.5, 0.6) is 0 Å². The molecule has 0 aromatic carbocycles. The number of anilines is 1. The third-order valence-corrected chi connectivity index (χ3v) is 3.29. The monoisotopic (exact) mass is 240 g/mol. The van der Waals surface area contributed by atoms with E-state index in [4.69, 9.17) is 10.2 Å². The summed E-state index contributed by atoms with van der Waals surface area (Å²) in [7, 11) is 0. The zero-order valence-electron chi connectivity index (χ0n) is 9.64. The molecule has 2 N–H and O–H groups in total. The largest absolute Gasteiger partial charge is 0.396 e. The molecule has 0 amide bonds. The summed E-state index contributed by atoms with van der Waals surface area (Å²) in [5, 5.41) is 18.0. The minimum Gasteiger partial charge on any atom is -0.396 e. The van der Waals surface area contributed by atoms with Gasteiger partial charge in [-0.25, -0.2) is 9.37 Å². The van der Waals surface area contributed by atoms with Crippen LogP contribution >= 0.6 is 0 Å². The molecule has 1 aliphatic heterocycles. The minimum absolute atomic E-state index is 0.195. The van der Waals surface area contributed by atoms with Crippen LogP contribution in [-0.4, -0.2) is 34.9 Å². The lowest BCUT2D eigenvalue weighted by molar-refractivity contribution is 0.202. The smallest absolute Gasteiger partial charge is 0.171 e. The average Bonchev–Trinajstić information content (AvgIpc) is 2.39. The van der Waals surface area contributed by atoms with Crippen LogP contribution in [0.3, 0.4) is 0 Å². The van der Waals surface area contributed by atoms with Crippen LogP contribution in [0, 0.1) is 11.7 Å². The Kier molecular flexibility index (Phi) is 3.91. The zero-order valence-corrected chi connectivity index (χ0v) is 9.64. The molecular formula is C12H17FN2O2. The molecule has 5 heteroatoms. The Labute approximate surface area is 99.7 Å². The Bertz CT molecular complexity index is 379. The molecule has 0 unspecified atom stereocenters. The molecular weight excluding hydrogens is 223 g/mol. The van der Waals surface area contributed by atoms with Crippen molar-refractivity contribution in [2.75, 3.05) is 24.6 Å². The summed E-state index contributed by atoms with van der Waals surface area (Å²) < 4.78 is 13.9. The summed E-state index contributed by atoms with van der Waals surface area (Å²) in [6.45, 7) is 1.28. The van der Waals surface area contributed by atoms with Crippen molar-refractivity contribution < 1.29 is 14.6 Å². The number of pyridine rings is 1. The fourth-order valence-corrected chi connectivity index (χ4v) is 2.14. The van der Waals surface area contributed by atoms with Gasteiger partial charge in [0.25, 0.3) is 0 Å². The second-order valence-corrected chi connectivity index (χ2v) is 4.38. The number of hydrogen-bond donors (Lipinski definition) is 2. The van der Waals surface area contributed by atoms with Gasteiger partial charge in [-0.2, -0.15) is 0 Å². The van der Waals surface area contributed by atoms with E-state index in [0.29, 0.717) is 24.8 Å². The first kappa shape index (κ1) is 12.3. The van der Waals surface area contributed by atoms with Gasteiger partial charge < -0.3 is 15.1 Å². The van der Waals surface area contributed by atoms with Gasteiger partial charge in [0.2, 0.25) is 0 Å². The molecule has 0 atom stereocenters. The zero-order chi connectivity index (χ0) is 12.3. The summed E-state index contributed by atoms with van der Waals surface area (Å²) in [5.41, 5.74) is 0.277. The fraction of sp³-hybridized carbons (Fsp3) is 0.583. The predicted octanol–water partition coefficient (Wildman–Crippen LogP) is 0.922. The van der Waals surface area contributed by atoms with Gasteiger partial charge in [-0.05, 0) is 24.8 Å². The van der Waals surface area contributed by atoms with Crippen molar-refractivity contribution in [2.45, 2.75) is 19.4 Å². The summed E-state index contributed by atoms with van der Waals surface area (Å²) in [6.07, 6.45) is 3.21. The Hall–Kier alpha value is -1.20. The van der Waals surface area contributed by atoms with E-state index in [9.17, 15) is 4.39 Å². The number of aliphatic hydroxyl groups is 2. The highest BCUT2D eigenvalue weighted by Crippen LogP contribution is 2.25. The van der Waals surface area contributed by atoms with E-state index in [-0.39, 0.29) is 18.8 Å². The molecule has 0 aliphatic carbocycles. The average molecular weight is 240 g/mol. The first-order valence-corrected chi connectivity index (χ1v) is 5.86. The van der Waals surface area contributed by atoms with Gasteiger partial charge in [0.05, 0.1) is 6.61 Å². The number of nitrogens with zero attached hydrogens (tertiary/aromatic N) is 2. The topological polar surface area (TPSA) is 56.6 Å². The number of aromatic nitrogens is 1. The SMILES string of the molecule is OCc1ccnc(N2CCC(CO)CC2)c1F. The van der Waals surface area contributed by atoms with Gasteiger partial charge in [0, 0.05) is 31.5 Å². The lowest BCUT2D eigenvalue weighted by atomic mass is 9.98. The Morgan fingerprint density at radius 3 is 2.65 bits per heavy atom. The van der Waals surface area contributed by atoms with Crippen LogP contribution in [0.15, 0.2) is 12.3 Å². The van der Waals surface area contributed by atoms with E-state index in [1.54, 1.807) is 0 Å². The maximum atomic E-state index is 13.9. The summed E-state index contributed by atoms with van der Waals surface area (Å²) in [6, 6.07) is 1.49. The Morgan fingerprint density at radius 2 is 2.06 bits per heavy atom. The van der Waals surface area contributed by atoms with Gasteiger partial charge in [-0.3, -0.25) is 0 Å². The van der Waals surface area contributed by atoms with Crippen LogP contribution in [0.25, 0.3) is 0 Å². The molecule has 0 bridgehead atoms. The fourth-order valence-electron chi connectivity index (χ4n) is 2.14. The minimum atomic E-state index is -0.433. The molecule has 1 aliphatic rings. The molecule has 1 aromatic rings. The number of piperidine rings is 1. The quantitative estimate of drug-likeness (QED) is 0.825. The molecule has 0 spiro atoms. The maximum Gasteiger partial charge on any atom is 0.171 e. The number of halogens is 1. The van der Waals surface area contributed by atoms with Crippen LogP contribution in [0.4, 0.5) is 10.2 Å². The highest BCUT2D eigenvalue weighted by atomic mass is 19.1. The van der Waals surface area contributed by atoms with Crippen LogP contribution in [-0.2, 0) is 6.61 Å². The summed E-state index contributed by atoms with van der Waals surface area (Å²) >= 11 is 0. The second kappa shape index (κ2) is 5.42. The highest BCUT2D eigenvalue weighted by Gasteiger charge is 2.22. The van der Waals surface area contributed by atoms with Crippen molar-refractivity contribution in [1.82, 2.24) is 4.98 Å². The Balaban J connectivity index is 2.13. The van der Waals surface area contributed by atoms with Gasteiger partial charge in [0.15, 0.2) is 11.6 Å². The van der Waals surface area contributed by atoms with Crippen LogP contribution in [0.2, 0.25) is 0 Å². The molecule has 1 fully saturated rings. The van der Waals surface area contributed by atoms with Gasteiger partial charge >= 0.3 is 0 Å². The maximum absolute atomic E-state index is 13.9. The standard InChI is InChI=1S/C12H17FN2O2/c13-11-10(8-17)1-4-14-12(11)15-5-2-9(7-16)3-6-15/h1,4,9,16-17H,2-3,5-8H2. The van der Waals surface area contributed by atoms with Crippen molar-refractivity contribution in [3.8, 4) is 0 Å². The first-order valence-electron chi connectivity index (χ1n) is 5.86. The number of hydrogen-bond acceptors (Lipinski definition) is 4. The Morgan fingerprint density at radius 1 is 1.35 bits per heavy atom. The van der Waals surface area contributed by atoms with Crippen molar-refractivity contribution in [3.63, 3.8) is 0 Å². The van der Waals surface area contributed by atoms with E-state index >= 15 is 0 Å². The molecule has 1 saturated heterocycles. The first-order chi connectivity index (χ1) is 8.26. The molecule has 4 nitrogen and oxygen atoms in total. The third kappa shape index (κ3) is 2.56. The molecule has 94 valence electrons. The summed E-state index contributed by atoms with van der Waals surface area (Å²) in [4.78, 5) is 5.91. The summed E-state index contributed by atoms with van der Waals surface area (Å²) in [5.74, 6) is 0.195. The molecule has 17 heavy (non-hydrogen) atoms. The van der Waals surface area contributed by atoms with E-state index < -0.39 is 5.82 Å². The van der Waals surface area contributed by atoms with Crippen LogP contribution in [0.1, 0.15) is 18.4 Å². The number of rotatable bonds is 3. The molecule has 2 heterocycles. The van der Waals surface area contributed by atoms with E-state index in [1.165, 1.54) is 12.3 Å². The predicted molar refractivity (Wildman–Crippen MR) is 62.1 cm³/mol. The van der Waals surface area contributed by atoms with Crippen molar-refractivity contribution in [1.29, 1.82) is 0 Å². The third-order valence-electron chi connectivity index (χ3n) is 3.29. The van der Waals surface area contributed by atoms with Gasteiger partial charge in [0.1, 0.15) is 0 Å². The van der Waals surface area contributed by atoms with Gasteiger partial charge in [-0.1, -0.05) is 0 Å². The molecule has 0 radical (unpaired) electrons. The van der Waals surface area contributed by atoms with Crippen molar-refractivity contribution in [2.24, 2.45) is 5.92 Å². The molecule has 2 rings (SSSR count). The lowest BCUT2D eigenvalue weighted by Crippen LogP contribution is -2.36. The van der Waals surface area contributed by atoms with Crippen molar-refractivity contribution >= 4 is 5.82 Å². The second-order valence-electron chi connectivity index (χ2n) is 4.38. The normalized spacial score (nSPS) is 17.5. The van der Waals surface area contributed by atoms with Gasteiger partial charge in [-0.15, -0.1) is 0 Å².